The van der Waals surface area contributed by atoms with E-state index >= 15 is 0 Å². The Bertz CT molecular complexity index is 363. The number of rotatable bonds is 6. The maximum Gasteiger partial charge on any atom is 0.313 e. The molecule has 3 heteroatoms. The number of benzene rings is 1. The lowest BCUT2D eigenvalue weighted by atomic mass is 10.0. The van der Waals surface area contributed by atoms with Crippen LogP contribution in [0.2, 0.25) is 0 Å². The molecule has 0 aliphatic heterocycles. The fourth-order valence-corrected chi connectivity index (χ4v) is 1.61. The molecule has 0 amide bonds. The first-order valence-electron chi connectivity index (χ1n) is 6.17. The predicted molar refractivity (Wildman–Crippen MR) is 69.8 cm³/mol. The van der Waals surface area contributed by atoms with Crippen molar-refractivity contribution in [3.8, 4) is 0 Å². The molecule has 0 aliphatic rings. The SMILES string of the molecule is CCCCCOC(=O)C(C)c1cccc(N)c1. The molecule has 1 aromatic carbocycles. The first-order chi connectivity index (χ1) is 8.15. The lowest BCUT2D eigenvalue weighted by molar-refractivity contribution is -0.145. The molecule has 1 unspecified atom stereocenters. The van der Waals surface area contributed by atoms with Crippen molar-refractivity contribution in [3.63, 3.8) is 0 Å². The first kappa shape index (κ1) is 13.6. The smallest absolute Gasteiger partial charge is 0.313 e. The Kier molecular flexibility index (Phi) is 5.53. The van der Waals surface area contributed by atoms with Gasteiger partial charge in [0.2, 0.25) is 0 Å². The summed E-state index contributed by atoms with van der Waals surface area (Å²) >= 11 is 0. The lowest BCUT2D eigenvalue weighted by Gasteiger charge is -2.12. The van der Waals surface area contributed by atoms with Crippen LogP contribution in [0.25, 0.3) is 0 Å². The van der Waals surface area contributed by atoms with Gasteiger partial charge in [-0.1, -0.05) is 31.9 Å². The maximum atomic E-state index is 11.8. The van der Waals surface area contributed by atoms with Crippen LogP contribution in [-0.2, 0) is 9.53 Å². The fourth-order valence-electron chi connectivity index (χ4n) is 1.61. The summed E-state index contributed by atoms with van der Waals surface area (Å²) in [7, 11) is 0. The second kappa shape index (κ2) is 6.94. The molecule has 0 saturated heterocycles. The molecule has 1 atom stereocenters. The summed E-state index contributed by atoms with van der Waals surface area (Å²) in [5.74, 6) is -0.424. The molecular formula is C14H21NO2. The van der Waals surface area contributed by atoms with Gasteiger partial charge in [0.05, 0.1) is 12.5 Å². The normalized spacial score (nSPS) is 12.1. The predicted octanol–water partition coefficient (Wildman–Crippen LogP) is 3.11. The molecule has 0 spiro atoms. The van der Waals surface area contributed by atoms with Crippen LogP contribution in [0, 0.1) is 0 Å². The van der Waals surface area contributed by atoms with Crippen LogP contribution in [0.5, 0.6) is 0 Å². The molecule has 0 heterocycles. The van der Waals surface area contributed by atoms with E-state index in [0.717, 1.165) is 24.8 Å². The average molecular weight is 235 g/mol. The van der Waals surface area contributed by atoms with Crippen LogP contribution < -0.4 is 5.73 Å². The minimum Gasteiger partial charge on any atom is -0.465 e. The largest absolute Gasteiger partial charge is 0.465 e. The minimum atomic E-state index is -0.250. The Labute approximate surface area is 103 Å². The molecule has 0 aliphatic carbocycles. The van der Waals surface area contributed by atoms with E-state index in [1.807, 2.05) is 31.2 Å². The van der Waals surface area contributed by atoms with Gasteiger partial charge in [0.25, 0.3) is 0 Å². The van der Waals surface area contributed by atoms with E-state index < -0.39 is 0 Å². The van der Waals surface area contributed by atoms with Crippen molar-refractivity contribution >= 4 is 11.7 Å². The number of carbonyl (C=O) groups excluding carboxylic acids is 1. The van der Waals surface area contributed by atoms with Crippen molar-refractivity contribution in [2.45, 2.75) is 39.0 Å². The number of nitrogen functional groups attached to an aromatic ring is 1. The van der Waals surface area contributed by atoms with Crippen molar-refractivity contribution in [2.75, 3.05) is 12.3 Å². The number of anilines is 1. The molecular weight excluding hydrogens is 214 g/mol. The molecule has 1 rings (SSSR count). The van der Waals surface area contributed by atoms with Crippen molar-refractivity contribution in [3.05, 3.63) is 29.8 Å². The van der Waals surface area contributed by atoms with Crippen molar-refractivity contribution in [1.82, 2.24) is 0 Å². The van der Waals surface area contributed by atoms with Crippen molar-refractivity contribution < 1.29 is 9.53 Å². The van der Waals surface area contributed by atoms with E-state index in [0.29, 0.717) is 12.3 Å². The molecule has 0 saturated carbocycles. The summed E-state index contributed by atoms with van der Waals surface area (Å²) in [6, 6.07) is 7.38. The molecule has 17 heavy (non-hydrogen) atoms. The van der Waals surface area contributed by atoms with Gasteiger partial charge >= 0.3 is 5.97 Å². The molecule has 3 nitrogen and oxygen atoms in total. The zero-order valence-electron chi connectivity index (χ0n) is 10.6. The summed E-state index contributed by atoms with van der Waals surface area (Å²) in [6.45, 7) is 4.48. The highest BCUT2D eigenvalue weighted by Crippen LogP contribution is 2.19. The van der Waals surface area contributed by atoms with Crippen LogP contribution in [0.15, 0.2) is 24.3 Å². The van der Waals surface area contributed by atoms with Crippen LogP contribution in [0.4, 0.5) is 5.69 Å². The highest BCUT2D eigenvalue weighted by Gasteiger charge is 2.16. The summed E-state index contributed by atoms with van der Waals surface area (Å²) in [5, 5.41) is 0. The van der Waals surface area contributed by atoms with Gasteiger partial charge in [-0.2, -0.15) is 0 Å². The third-order valence-electron chi connectivity index (χ3n) is 2.76. The summed E-state index contributed by atoms with van der Waals surface area (Å²) in [4.78, 5) is 11.8. The van der Waals surface area contributed by atoms with Gasteiger partial charge in [-0.05, 0) is 31.0 Å². The Morgan fingerprint density at radius 2 is 2.18 bits per heavy atom. The van der Waals surface area contributed by atoms with E-state index in [1.165, 1.54) is 0 Å². The molecule has 0 radical (unpaired) electrons. The standard InChI is InChI=1S/C14H21NO2/c1-3-4-5-9-17-14(16)11(2)12-7-6-8-13(15)10-12/h6-8,10-11H,3-5,9,15H2,1-2H3. The second-order valence-electron chi connectivity index (χ2n) is 4.27. The van der Waals surface area contributed by atoms with Gasteiger partial charge in [-0.15, -0.1) is 0 Å². The zero-order chi connectivity index (χ0) is 12.7. The van der Waals surface area contributed by atoms with E-state index in [2.05, 4.69) is 6.92 Å². The topological polar surface area (TPSA) is 52.3 Å². The molecule has 0 aromatic heterocycles. The number of unbranched alkanes of at least 4 members (excludes halogenated alkanes) is 2. The number of hydrogen-bond acceptors (Lipinski definition) is 3. The van der Waals surface area contributed by atoms with E-state index in [-0.39, 0.29) is 11.9 Å². The van der Waals surface area contributed by atoms with Crippen molar-refractivity contribution in [2.24, 2.45) is 0 Å². The molecule has 1 aromatic rings. The Morgan fingerprint density at radius 1 is 1.41 bits per heavy atom. The monoisotopic (exact) mass is 235 g/mol. The number of esters is 1. The Morgan fingerprint density at radius 3 is 2.82 bits per heavy atom. The highest BCUT2D eigenvalue weighted by atomic mass is 16.5. The maximum absolute atomic E-state index is 11.8. The molecule has 0 fully saturated rings. The van der Waals surface area contributed by atoms with Gasteiger partial charge in [0.15, 0.2) is 0 Å². The van der Waals surface area contributed by atoms with Crippen LogP contribution in [-0.4, -0.2) is 12.6 Å². The summed E-state index contributed by atoms with van der Waals surface area (Å²) < 4.78 is 5.22. The first-order valence-corrected chi connectivity index (χ1v) is 6.17. The second-order valence-corrected chi connectivity index (χ2v) is 4.27. The number of hydrogen-bond donors (Lipinski definition) is 1. The highest BCUT2D eigenvalue weighted by molar-refractivity contribution is 5.78. The summed E-state index contributed by atoms with van der Waals surface area (Å²) in [5.41, 5.74) is 7.27. The zero-order valence-corrected chi connectivity index (χ0v) is 10.6. The number of ether oxygens (including phenoxy) is 1. The third-order valence-corrected chi connectivity index (χ3v) is 2.76. The van der Waals surface area contributed by atoms with E-state index in [1.54, 1.807) is 0 Å². The van der Waals surface area contributed by atoms with Crippen LogP contribution in [0.3, 0.4) is 0 Å². The van der Waals surface area contributed by atoms with Gasteiger partial charge in [-0.25, -0.2) is 0 Å². The average Bonchev–Trinajstić information content (AvgIpc) is 2.33. The van der Waals surface area contributed by atoms with Crippen LogP contribution >= 0.6 is 0 Å². The van der Waals surface area contributed by atoms with Crippen LogP contribution in [0.1, 0.15) is 44.6 Å². The number of nitrogens with two attached hydrogens (primary N) is 1. The Hall–Kier alpha value is -1.51. The quantitative estimate of drug-likeness (QED) is 0.468. The molecule has 94 valence electrons. The van der Waals surface area contributed by atoms with Crippen molar-refractivity contribution in [1.29, 1.82) is 0 Å². The molecule has 2 N–H and O–H groups in total. The molecule has 0 bridgehead atoms. The van der Waals surface area contributed by atoms with Gasteiger partial charge in [-0.3, -0.25) is 4.79 Å². The van der Waals surface area contributed by atoms with E-state index in [9.17, 15) is 4.79 Å². The van der Waals surface area contributed by atoms with Gasteiger partial charge in [0, 0.05) is 5.69 Å². The third kappa shape index (κ3) is 4.47. The van der Waals surface area contributed by atoms with Gasteiger partial charge in [0.1, 0.15) is 0 Å². The fraction of sp³-hybridized carbons (Fsp3) is 0.500. The Balaban J connectivity index is 2.46. The van der Waals surface area contributed by atoms with Gasteiger partial charge < -0.3 is 10.5 Å². The van der Waals surface area contributed by atoms with E-state index in [4.69, 9.17) is 10.5 Å². The minimum absolute atomic E-state index is 0.174. The lowest BCUT2D eigenvalue weighted by Crippen LogP contribution is -2.14. The number of carbonyl (C=O) groups is 1. The summed E-state index contributed by atoms with van der Waals surface area (Å²) in [6.07, 6.45) is 3.16.